The molecule has 1 fully saturated rings. The maximum atomic E-state index is 5.73. The van der Waals surface area contributed by atoms with Gasteiger partial charge in [0.1, 0.15) is 5.75 Å². The van der Waals surface area contributed by atoms with Gasteiger partial charge in [0.25, 0.3) is 0 Å². The van der Waals surface area contributed by atoms with Gasteiger partial charge in [-0.1, -0.05) is 31.9 Å². The monoisotopic (exact) mass is 262 g/mol. The molecule has 1 N–H and O–H groups in total. The summed E-state index contributed by atoms with van der Waals surface area (Å²) >= 11 is 0. The molecule has 1 aliphatic heterocycles. The molecule has 2 rings (SSSR count). The summed E-state index contributed by atoms with van der Waals surface area (Å²) in [6, 6.07) is 8.58. The lowest BCUT2D eigenvalue weighted by Gasteiger charge is -2.27. The van der Waals surface area contributed by atoms with Gasteiger partial charge in [0.05, 0.1) is 6.61 Å². The molecule has 1 heterocycles. The van der Waals surface area contributed by atoms with E-state index in [4.69, 9.17) is 4.74 Å². The molecule has 0 amide bonds. The van der Waals surface area contributed by atoms with Gasteiger partial charge in [-0.3, -0.25) is 4.90 Å². The standard InChI is InChI=1S/C16H26N2O/c1-2-3-4-13-19-16-7-5-15(6-8-16)14-18-11-9-17-10-12-18/h5-8,17H,2-4,9-14H2,1H3. The lowest BCUT2D eigenvalue weighted by molar-refractivity contribution is 0.233. The van der Waals surface area contributed by atoms with Crippen LogP contribution in [0.1, 0.15) is 31.7 Å². The van der Waals surface area contributed by atoms with Crippen LogP contribution in [0.5, 0.6) is 5.75 Å². The fourth-order valence-corrected chi connectivity index (χ4v) is 2.36. The van der Waals surface area contributed by atoms with Gasteiger partial charge in [0.15, 0.2) is 0 Å². The van der Waals surface area contributed by atoms with E-state index < -0.39 is 0 Å². The Labute approximate surface area is 116 Å². The second kappa shape index (κ2) is 8.18. The molecule has 3 heteroatoms. The van der Waals surface area contributed by atoms with Crippen molar-refractivity contribution in [1.29, 1.82) is 0 Å². The topological polar surface area (TPSA) is 24.5 Å². The number of ether oxygens (including phenoxy) is 1. The molecule has 1 aromatic carbocycles. The van der Waals surface area contributed by atoms with E-state index in [0.717, 1.165) is 51.5 Å². The van der Waals surface area contributed by atoms with Crippen LogP contribution in [0.4, 0.5) is 0 Å². The lowest BCUT2D eigenvalue weighted by atomic mass is 10.2. The smallest absolute Gasteiger partial charge is 0.119 e. The Morgan fingerprint density at radius 2 is 1.84 bits per heavy atom. The predicted octanol–water partition coefficient (Wildman–Crippen LogP) is 2.66. The fourth-order valence-electron chi connectivity index (χ4n) is 2.36. The van der Waals surface area contributed by atoms with Crippen molar-refractivity contribution >= 4 is 0 Å². The van der Waals surface area contributed by atoms with Gasteiger partial charge in [-0.25, -0.2) is 0 Å². The van der Waals surface area contributed by atoms with Crippen molar-refractivity contribution < 1.29 is 4.74 Å². The van der Waals surface area contributed by atoms with Gasteiger partial charge < -0.3 is 10.1 Å². The average Bonchev–Trinajstić information content (AvgIpc) is 2.46. The summed E-state index contributed by atoms with van der Waals surface area (Å²) in [4.78, 5) is 2.49. The van der Waals surface area contributed by atoms with E-state index in [0.29, 0.717) is 0 Å². The number of unbranched alkanes of at least 4 members (excludes halogenated alkanes) is 2. The Hall–Kier alpha value is -1.06. The van der Waals surface area contributed by atoms with Crippen molar-refractivity contribution in [1.82, 2.24) is 10.2 Å². The van der Waals surface area contributed by atoms with Crippen LogP contribution in [0.2, 0.25) is 0 Å². The quantitative estimate of drug-likeness (QED) is 0.765. The van der Waals surface area contributed by atoms with E-state index >= 15 is 0 Å². The summed E-state index contributed by atoms with van der Waals surface area (Å²) < 4.78 is 5.73. The third kappa shape index (κ3) is 5.21. The lowest BCUT2D eigenvalue weighted by Crippen LogP contribution is -2.42. The van der Waals surface area contributed by atoms with Crippen LogP contribution in [0, 0.1) is 0 Å². The van der Waals surface area contributed by atoms with Crippen molar-refractivity contribution in [3.63, 3.8) is 0 Å². The highest BCUT2D eigenvalue weighted by Crippen LogP contribution is 2.14. The average molecular weight is 262 g/mol. The Bertz CT molecular complexity index is 344. The molecule has 19 heavy (non-hydrogen) atoms. The zero-order valence-corrected chi connectivity index (χ0v) is 12.0. The highest BCUT2D eigenvalue weighted by molar-refractivity contribution is 5.27. The first-order valence-electron chi connectivity index (χ1n) is 7.53. The summed E-state index contributed by atoms with van der Waals surface area (Å²) in [6.45, 7) is 8.62. The number of nitrogens with zero attached hydrogens (tertiary/aromatic N) is 1. The maximum Gasteiger partial charge on any atom is 0.119 e. The molecule has 0 unspecified atom stereocenters. The summed E-state index contributed by atoms with van der Waals surface area (Å²) in [6.07, 6.45) is 3.65. The van der Waals surface area contributed by atoms with Crippen molar-refractivity contribution in [2.45, 2.75) is 32.7 Å². The van der Waals surface area contributed by atoms with Crippen LogP contribution in [0.3, 0.4) is 0 Å². The van der Waals surface area contributed by atoms with Gasteiger partial charge in [-0.2, -0.15) is 0 Å². The number of benzene rings is 1. The first-order valence-corrected chi connectivity index (χ1v) is 7.53. The molecule has 0 aliphatic carbocycles. The number of rotatable bonds is 7. The second-order valence-electron chi connectivity index (χ2n) is 5.23. The molecule has 0 aromatic heterocycles. The summed E-state index contributed by atoms with van der Waals surface area (Å²) in [5.74, 6) is 1.00. The summed E-state index contributed by atoms with van der Waals surface area (Å²) in [5.41, 5.74) is 1.38. The zero-order chi connectivity index (χ0) is 13.3. The number of piperazine rings is 1. The number of hydrogen-bond acceptors (Lipinski definition) is 3. The molecule has 0 spiro atoms. The molecule has 106 valence electrons. The van der Waals surface area contributed by atoms with Crippen LogP contribution in [-0.2, 0) is 6.54 Å². The highest BCUT2D eigenvalue weighted by Gasteiger charge is 2.09. The van der Waals surface area contributed by atoms with Crippen LogP contribution in [-0.4, -0.2) is 37.7 Å². The zero-order valence-electron chi connectivity index (χ0n) is 12.0. The van der Waals surface area contributed by atoms with Gasteiger partial charge in [0.2, 0.25) is 0 Å². The van der Waals surface area contributed by atoms with E-state index in [1.807, 2.05) is 0 Å². The molecule has 1 aromatic rings. The van der Waals surface area contributed by atoms with Gasteiger partial charge in [-0.15, -0.1) is 0 Å². The molecule has 1 saturated heterocycles. The van der Waals surface area contributed by atoms with Gasteiger partial charge in [-0.05, 0) is 24.1 Å². The Balaban J connectivity index is 1.74. The van der Waals surface area contributed by atoms with E-state index in [-0.39, 0.29) is 0 Å². The minimum Gasteiger partial charge on any atom is -0.494 e. The molecule has 3 nitrogen and oxygen atoms in total. The molecule has 0 atom stereocenters. The highest BCUT2D eigenvalue weighted by atomic mass is 16.5. The molecule has 0 radical (unpaired) electrons. The van der Waals surface area contributed by atoms with Crippen molar-refractivity contribution in [2.24, 2.45) is 0 Å². The third-order valence-electron chi connectivity index (χ3n) is 3.56. The Morgan fingerprint density at radius 1 is 1.11 bits per heavy atom. The van der Waals surface area contributed by atoms with E-state index in [9.17, 15) is 0 Å². The minimum atomic E-state index is 0.838. The van der Waals surface area contributed by atoms with Crippen LogP contribution in [0.25, 0.3) is 0 Å². The van der Waals surface area contributed by atoms with Crippen LogP contribution in [0.15, 0.2) is 24.3 Å². The molecular weight excluding hydrogens is 236 g/mol. The van der Waals surface area contributed by atoms with Crippen molar-refractivity contribution in [2.75, 3.05) is 32.8 Å². The fraction of sp³-hybridized carbons (Fsp3) is 0.625. The van der Waals surface area contributed by atoms with Crippen LogP contribution < -0.4 is 10.1 Å². The molecule has 1 aliphatic rings. The Morgan fingerprint density at radius 3 is 2.53 bits per heavy atom. The third-order valence-corrected chi connectivity index (χ3v) is 3.56. The normalized spacial score (nSPS) is 16.5. The minimum absolute atomic E-state index is 0.838. The first kappa shape index (κ1) is 14.4. The molecule has 0 saturated carbocycles. The van der Waals surface area contributed by atoms with Crippen molar-refractivity contribution in [3.05, 3.63) is 29.8 Å². The SMILES string of the molecule is CCCCCOc1ccc(CN2CCNCC2)cc1. The predicted molar refractivity (Wildman–Crippen MR) is 79.6 cm³/mol. The Kier molecular flexibility index (Phi) is 6.18. The van der Waals surface area contributed by atoms with E-state index in [1.165, 1.54) is 18.4 Å². The number of nitrogens with one attached hydrogen (secondary N) is 1. The first-order chi connectivity index (χ1) is 9.38. The number of hydrogen-bond donors (Lipinski definition) is 1. The van der Waals surface area contributed by atoms with Gasteiger partial charge >= 0.3 is 0 Å². The second-order valence-corrected chi connectivity index (χ2v) is 5.23. The summed E-state index contributed by atoms with van der Waals surface area (Å²) in [7, 11) is 0. The maximum absolute atomic E-state index is 5.73. The summed E-state index contributed by atoms with van der Waals surface area (Å²) in [5, 5.41) is 3.38. The van der Waals surface area contributed by atoms with Crippen molar-refractivity contribution in [3.8, 4) is 5.75 Å². The van der Waals surface area contributed by atoms with E-state index in [2.05, 4.69) is 41.4 Å². The van der Waals surface area contributed by atoms with Gasteiger partial charge in [0, 0.05) is 32.7 Å². The molecular formula is C16H26N2O. The molecule has 0 bridgehead atoms. The largest absolute Gasteiger partial charge is 0.494 e. The van der Waals surface area contributed by atoms with Crippen LogP contribution >= 0.6 is 0 Å². The van der Waals surface area contributed by atoms with E-state index in [1.54, 1.807) is 0 Å².